The predicted molar refractivity (Wildman–Crippen MR) is 56.3 cm³/mol. The lowest BCUT2D eigenvalue weighted by Gasteiger charge is -2.22. The summed E-state index contributed by atoms with van der Waals surface area (Å²) in [5.41, 5.74) is 0. The van der Waals surface area contributed by atoms with Crippen LogP contribution >= 0.6 is 0 Å². The summed E-state index contributed by atoms with van der Waals surface area (Å²) < 4.78 is 5.20. The van der Waals surface area contributed by atoms with Crippen molar-refractivity contribution in [3.05, 3.63) is 23.7 Å². The van der Waals surface area contributed by atoms with E-state index in [1.807, 2.05) is 6.07 Å². The van der Waals surface area contributed by atoms with Crippen LogP contribution in [0.1, 0.15) is 24.4 Å². The summed E-state index contributed by atoms with van der Waals surface area (Å²) in [5, 5.41) is 14.5. The Bertz CT molecular complexity index is 419. The fourth-order valence-electron chi connectivity index (χ4n) is 1.72. The lowest BCUT2D eigenvalue weighted by Crippen LogP contribution is -2.47. The van der Waals surface area contributed by atoms with Gasteiger partial charge in [0.25, 0.3) is 0 Å². The first-order valence-corrected chi connectivity index (χ1v) is 5.29. The minimum Gasteiger partial charge on any atom is -0.449 e. The molecule has 0 radical (unpaired) electrons. The Kier molecular flexibility index (Phi) is 3.22. The van der Waals surface area contributed by atoms with Crippen molar-refractivity contribution in [2.75, 3.05) is 6.54 Å². The molecule has 84 valence electrons. The number of amides is 1. The van der Waals surface area contributed by atoms with Gasteiger partial charge in [0.1, 0.15) is 11.8 Å². The van der Waals surface area contributed by atoms with Crippen LogP contribution in [0, 0.1) is 11.3 Å². The molecule has 1 saturated heterocycles. The van der Waals surface area contributed by atoms with Crippen molar-refractivity contribution in [3.63, 3.8) is 0 Å². The van der Waals surface area contributed by atoms with Gasteiger partial charge in [-0.25, -0.2) is 0 Å². The minimum atomic E-state index is -0.149. The van der Waals surface area contributed by atoms with Gasteiger partial charge in [0.15, 0.2) is 0 Å². The third-order valence-corrected chi connectivity index (χ3v) is 2.58. The molecule has 1 unspecified atom stereocenters. The van der Waals surface area contributed by atoms with Gasteiger partial charge in [-0.1, -0.05) is 0 Å². The maximum absolute atomic E-state index is 11.4. The first-order chi connectivity index (χ1) is 7.79. The number of hydrogen-bond donors (Lipinski definition) is 2. The molecule has 0 saturated carbocycles. The maximum atomic E-state index is 11.4. The number of furan rings is 1. The Labute approximate surface area is 93.4 Å². The smallest absolute Gasteiger partial charge is 0.237 e. The molecular weight excluding hydrogens is 206 g/mol. The fraction of sp³-hybridized carbons (Fsp3) is 0.455. The highest BCUT2D eigenvalue weighted by molar-refractivity contribution is 5.82. The van der Waals surface area contributed by atoms with Gasteiger partial charge in [-0.2, -0.15) is 5.26 Å². The molecule has 2 N–H and O–H groups in total. The van der Waals surface area contributed by atoms with Crippen LogP contribution in [0.2, 0.25) is 0 Å². The van der Waals surface area contributed by atoms with Gasteiger partial charge in [0.05, 0.1) is 12.6 Å². The van der Waals surface area contributed by atoms with Crippen LogP contribution in [-0.2, 0) is 11.3 Å². The molecule has 2 rings (SSSR count). The highest BCUT2D eigenvalue weighted by Gasteiger charge is 2.21. The molecule has 0 aromatic carbocycles. The van der Waals surface area contributed by atoms with E-state index < -0.39 is 0 Å². The van der Waals surface area contributed by atoms with Crippen LogP contribution < -0.4 is 10.6 Å². The molecule has 1 atom stereocenters. The van der Waals surface area contributed by atoms with Crippen molar-refractivity contribution >= 4 is 5.91 Å². The Balaban J connectivity index is 1.87. The summed E-state index contributed by atoms with van der Waals surface area (Å²) in [6.07, 6.45) is 1.84. The van der Waals surface area contributed by atoms with E-state index in [1.165, 1.54) is 0 Å². The molecule has 1 amide bonds. The topological polar surface area (TPSA) is 78.1 Å². The molecule has 0 bridgehead atoms. The standard InChI is InChI=1S/C11H13N3O2/c12-6-8-3-4-9(16-8)7-14-10-2-1-5-13-11(10)15/h3-4,10,14H,1-2,5,7H2,(H,13,15). The van der Waals surface area contributed by atoms with Gasteiger partial charge in [0, 0.05) is 6.54 Å². The summed E-state index contributed by atoms with van der Waals surface area (Å²) in [6.45, 7) is 1.23. The van der Waals surface area contributed by atoms with Crippen LogP contribution in [-0.4, -0.2) is 18.5 Å². The quantitative estimate of drug-likeness (QED) is 0.776. The van der Waals surface area contributed by atoms with Gasteiger partial charge in [-0.05, 0) is 25.0 Å². The van der Waals surface area contributed by atoms with Crippen molar-refractivity contribution in [1.82, 2.24) is 10.6 Å². The Morgan fingerprint density at radius 2 is 2.50 bits per heavy atom. The van der Waals surface area contributed by atoms with Crippen molar-refractivity contribution in [3.8, 4) is 6.07 Å². The SMILES string of the molecule is N#Cc1ccc(CNC2CCCNC2=O)o1. The molecule has 0 spiro atoms. The number of rotatable bonds is 3. The Morgan fingerprint density at radius 1 is 1.62 bits per heavy atom. The molecular formula is C11H13N3O2. The molecule has 1 aliphatic heterocycles. The lowest BCUT2D eigenvalue weighted by molar-refractivity contribution is -0.124. The number of piperidine rings is 1. The van der Waals surface area contributed by atoms with Crippen LogP contribution in [0.15, 0.2) is 16.5 Å². The number of carbonyl (C=O) groups excluding carboxylic acids is 1. The first kappa shape index (κ1) is 10.7. The number of nitrogens with one attached hydrogen (secondary N) is 2. The zero-order valence-electron chi connectivity index (χ0n) is 8.82. The average Bonchev–Trinajstić information content (AvgIpc) is 2.76. The van der Waals surface area contributed by atoms with Gasteiger partial charge in [0.2, 0.25) is 11.7 Å². The summed E-state index contributed by atoms with van der Waals surface area (Å²) in [6, 6.07) is 5.14. The second-order valence-corrected chi connectivity index (χ2v) is 3.74. The van der Waals surface area contributed by atoms with Crippen molar-refractivity contribution in [2.45, 2.75) is 25.4 Å². The molecule has 2 heterocycles. The summed E-state index contributed by atoms with van der Waals surface area (Å²) >= 11 is 0. The van der Waals surface area contributed by atoms with E-state index in [0.717, 1.165) is 19.4 Å². The third kappa shape index (κ3) is 2.41. The summed E-state index contributed by atoms with van der Waals surface area (Å²) in [7, 11) is 0. The van der Waals surface area contributed by atoms with E-state index in [4.69, 9.17) is 9.68 Å². The van der Waals surface area contributed by atoms with E-state index >= 15 is 0 Å². The van der Waals surface area contributed by atoms with Crippen LogP contribution in [0.25, 0.3) is 0 Å². The average molecular weight is 219 g/mol. The molecule has 5 nitrogen and oxygen atoms in total. The van der Waals surface area contributed by atoms with E-state index in [0.29, 0.717) is 18.1 Å². The maximum Gasteiger partial charge on any atom is 0.237 e. The highest BCUT2D eigenvalue weighted by atomic mass is 16.3. The number of nitrogens with zero attached hydrogens (tertiary/aromatic N) is 1. The summed E-state index contributed by atoms with van der Waals surface area (Å²) in [5.74, 6) is 1.01. The van der Waals surface area contributed by atoms with Gasteiger partial charge < -0.3 is 9.73 Å². The Morgan fingerprint density at radius 3 is 3.19 bits per heavy atom. The number of nitriles is 1. The largest absolute Gasteiger partial charge is 0.449 e. The zero-order valence-corrected chi connectivity index (χ0v) is 8.82. The van der Waals surface area contributed by atoms with Crippen LogP contribution in [0.3, 0.4) is 0 Å². The van der Waals surface area contributed by atoms with E-state index in [1.54, 1.807) is 12.1 Å². The van der Waals surface area contributed by atoms with Crippen molar-refractivity contribution < 1.29 is 9.21 Å². The highest BCUT2D eigenvalue weighted by Crippen LogP contribution is 2.08. The van der Waals surface area contributed by atoms with E-state index in [2.05, 4.69) is 10.6 Å². The minimum absolute atomic E-state index is 0.0401. The molecule has 1 fully saturated rings. The molecule has 0 aliphatic carbocycles. The molecule has 1 aromatic rings. The van der Waals surface area contributed by atoms with Crippen molar-refractivity contribution in [1.29, 1.82) is 5.26 Å². The van der Waals surface area contributed by atoms with Crippen LogP contribution in [0.5, 0.6) is 0 Å². The first-order valence-electron chi connectivity index (χ1n) is 5.29. The molecule has 16 heavy (non-hydrogen) atoms. The van der Waals surface area contributed by atoms with Gasteiger partial charge >= 0.3 is 0 Å². The second kappa shape index (κ2) is 4.81. The zero-order chi connectivity index (χ0) is 11.4. The van der Waals surface area contributed by atoms with E-state index in [-0.39, 0.29) is 11.9 Å². The van der Waals surface area contributed by atoms with E-state index in [9.17, 15) is 4.79 Å². The molecule has 1 aliphatic rings. The Hall–Kier alpha value is -1.80. The molecule has 5 heteroatoms. The lowest BCUT2D eigenvalue weighted by atomic mass is 10.1. The monoisotopic (exact) mass is 219 g/mol. The normalized spacial score (nSPS) is 20.2. The number of hydrogen-bond acceptors (Lipinski definition) is 4. The molecule has 1 aromatic heterocycles. The van der Waals surface area contributed by atoms with Crippen molar-refractivity contribution in [2.24, 2.45) is 0 Å². The fourth-order valence-corrected chi connectivity index (χ4v) is 1.72. The number of carbonyl (C=O) groups is 1. The van der Waals surface area contributed by atoms with Gasteiger partial charge in [-0.15, -0.1) is 0 Å². The second-order valence-electron chi connectivity index (χ2n) is 3.74. The predicted octanol–water partition coefficient (Wildman–Crippen LogP) is 0.519. The van der Waals surface area contributed by atoms with Crippen LogP contribution in [0.4, 0.5) is 0 Å². The van der Waals surface area contributed by atoms with Gasteiger partial charge in [-0.3, -0.25) is 10.1 Å². The third-order valence-electron chi connectivity index (χ3n) is 2.58. The summed E-state index contributed by atoms with van der Waals surface area (Å²) in [4.78, 5) is 11.4.